The Hall–Kier alpha value is -2.22. The third-order valence-corrected chi connectivity index (χ3v) is 3.41. The van der Waals surface area contributed by atoms with Crippen LogP contribution in [-0.2, 0) is 4.79 Å². The van der Waals surface area contributed by atoms with E-state index in [2.05, 4.69) is 25.3 Å². The van der Waals surface area contributed by atoms with Crippen molar-refractivity contribution < 1.29 is 4.79 Å². The van der Waals surface area contributed by atoms with Gasteiger partial charge in [0.15, 0.2) is 11.5 Å². The maximum absolute atomic E-state index is 12.2. The van der Waals surface area contributed by atoms with E-state index in [0.29, 0.717) is 18.0 Å². The van der Waals surface area contributed by atoms with Crippen LogP contribution in [0.1, 0.15) is 0 Å². The molecule has 1 saturated heterocycles. The molecule has 0 aromatic carbocycles. The van der Waals surface area contributed by atoms with Crippen molar-refractivity contribution in [3.8, 4) is 0 Å². The number of fused-ring (bicyclic) bond motifs is 1. The van der Waals surface area contributed by atoms with E-state index in [9.17, 15) is 4.79 Å². The van der Waals surface area contributed by atoms with Gasteiger partial charge >= 0.3 is 0 Å². The number of hydrogen-bond donors (Lipinski definition) is 2. The topological polar surface area (TPSA) is 90.0 Å². The molecule has 0 unspecified atom stereocenters. The lowest BCUT2D eigenvalue weighted by molar-refractivity contribution is -0.130. The number of aromatic nitrogens is 4. The number of carbonyl (C=O) groups is 1. The Morgan fingerprint density at radius 3 is 2.95 bits per heavy atom. The number of aromatic amines is 1. The molecule has 0 atom stereocenters. The molecule has 20 heavy (non-hydrogen) atoms. The van der Waals surface area contributed by atoms with Crippen LogP contribution in [0.2, 0.25) is 0 Å². The third-order valence-electron chi connectivity index (χ3n) is 3.41. The summed E-state index contributed by atoms with van der Waals surface area (Å²) in [5, 5.41) is 3.23. The van der Waals surface area contributed by atoms with Gasteiger partial charge in [0.25, 0.3) is 0 Å². The Kier molecular flexibility index (Phi) is 3.46. The molecular weight excluding hydrogens is 258 g/mol. The fraction of sp³-hybridized carbons (Fsp3) is 0.500. The highest BCUT2D eigenvalue weighted by atomic mass is 16.2. The number of anilines is 1. The van der Waals surface area contributed by atoms with Crippen molar-refractivity contribution in [1.82, 2.24) is 30.2 Å². The largest absolute Gasteiger partial charge is 0.348 e. The van der Waals surface area contributed by atoms with Gasteiger partial charge in [-0.15, -0.1) is 0 Å². The van der Waals surface area contributed by atoms with Crippen LogP contribution < -0.4 is 10.2 Å². The zero-order valence-corrected chi connectivity index (χ0v) is 11.3. The van der Waals surface area contributed by atoms with Gasteiger partial charge in [0, 0.05) is 33.2 Å². The van der Waals surface area contributed by atoms with Crippen molar-refractivity contribution in [1.29, 1.82) is 0 Å². The van der Waals surface area contributed by atoms with Crippen LogP contribution in [0.15, 0.2) is 12.7 Å². The third kappa shape index (κ3) is 2.42. The van der Waals surface area contributed by atoms with Gasteiger partial charge in [0.1, 0.15) is 11.8 Å². The molecule has 0 spiro atoms. The van der Waals surface area contributed by atoms with Crippen LogP contribution in [0.3, 0.4) is 0 Å². The first kappa shape index (κ1) is 12.8. The lowest BCUT2D eigenvalue weighted by Crippen LogP contribution is -2.49. The number of likely N-dealkylation sites (N-methyl/N-ethyl adjacent to an activating group) is 1. The molecule has 2 aromatic rings. The Morgan fingerprint density at radius 1 is 1.35 bits per heavy atom. The van der Waals surface area contributed by atoms with Gasteiger partial charge in [-0.25, -0.2) is 15.0 Å². The second kappa shape index (κ2) is 5.41. The second-order valence-electron chi connectivity index (χ2n) is 4.79. The maximum Gasteiger partial charge on any atom is 0.242 e. The van der Waals surface area contributed by atoms with Gasteiger partial charge in [0.05, 0.1) is 12.9 Å². The minimum absolute atomic E-state index is 0.111. The summed E-state index contributed by atoms with van der Waals surface area (Å²) >= 11 is 0. The van der Waals surface area contributed by atoms with Gasteiger partial charge in [-0.3, -0.25) is 4.79 Å². The average Bonchev–Trinajstić information content (AvgIpc) is 2.96. The highest BCUT2D eigenvalue weighted by Crippen LogP contribution is 2.18. The highest BCUT2D eigenvalue weighted by molar-refractivity contribution is 5.87. The van der Waals surface area contributed by atoms with Crippen molar-refractivity contribution >= 4 is 22.9 Å². The minimum Gasteiger partial charge on any atom is -0.348 e. The molecule has 3 heterocycles. The molecule has 1 amide bonds. The summed E-state index contributed by atoms with van der Waals surface area (Å²) in [6.45, 7) is 3.53. The van der Waals surface area contributed by atoms with Crippen LogP contribution in [0.5, 0.6) is 0 Å². The normalized spacial score (nSPS) is 15.6. The van der Waals surface area contributed by atoms with Crippen molar-refractivity contribution in [3.63, 3.8) is 0 Å². The smallest absolute Gasteiger partial charge is 0.242 e. The van der Waals surface area contributed by atoms with Gasteiger partial charge < -0.3 is 20.1 Å². The summed E-state index contributed by atoms with van der Waals surface area (Å²) in [5.41, 5.74) is 1.36. The lowest BCUT2D eigenvalue weighted by Gasteiger charge is -2.29. The fourth-order valence-electron chi connectivity index (χ4n) is 2.33. The van der Waals surface area contributed by atoms with E-state index < -0.39 is 0 Å². The molecule has 8 nitrogen and oxygen atoms in total. The zero-order valence-electron chi connectivity index (χ0n) is 11.3. The summed E-state index contributed by atoms with van der Waals surface area (Å²) in [4.78, 5) is 31.4. The number of rotatable bonds is 3. The number of hydrogen-bond acceptors (Lipinski definition) is 6. The molecule has 0 radical (unpaired) electrons. The van der Waals surface area contributed by atoms with Crippen molar-refractivity contribution in [2.45, 2.75) is 0 Å². The van der Waals surface area contributed by atoms with E-state index in [1.165, 1.54) is 6.33 Å². The first-order chi connectivity index (χ1) is 9.75. The van der Waals surface area contributed by atoms with E-state index in [4.69, 9.17) is 0 Å². The first-order valence-corrected chi connectivity index (χ1v) is 6.59. The van der Waals surface area contributed by atoms with E-state index in [1.807, 2.05) is 16.8 Å². The molecule has 0 bridgehead atoms. The number of H-pyrrole nitrogens is 1. The van der Waals surface area contributed by atoms with E-state index in [1.54, 1.807) is 6.33 Å². The van der Waals surface area contributed by atoms with Gasteiger partial charge in [-0.1, -0.05) is 0 Å². The summed E-state index contributed by atoms with van der Waals surface area (Å²) < 4.78 is 0. The van der Waals surface area contributed by atoms with Gasteiger partial charge in [0.2, 0.25) is 5.91 Å². The molecule has 1 aliphatic heterocycles. The molecule has 0 saturated carbocycles. The Balaban J connectivity index is 1.73. The maximum atomic E-state index is 12.2. The Labute approximate surface area is 116 Å². The summed E-state index contributed by atoms with van der Waals surface area (Å²) in [5.74, 6) is 0.802. The van der Waals surface area contributed by atoms with Crippen molar-refractivity contribution in [2.75, 3.05) is 44.7 Å². The number of imidazole rings is 1. The molecular formula is C12H17N7O. The summed E-state index contributed by atoms with van der Waals surface area (Å²) in [7, 11) is 1.85. The quantitative estimate of drug-likeness (QED) is 0.764. The van der Waals surface area contributed by atoms with E-state index in [-0.39, 0.29) is 5.91 Å². The molecule has 1 aliphatic rings. The first-order valence-electron chi connectivity index (χ1n) is 6.59. The van der Waals surface area contributed by atoms with Crippen molar-refractivity contribution in [3.05, 3.63) is 12.7 Å². The average molecular weight is 275 g/mol. The molecule has 106 valence electrons. The monoisotopic (exact) mass is 275 g/mol. The standard InChI is InChI=1S/C12H17N7O/c1-18(6-9(20)19-4-2-13-3-5-19)12-10-11(15-7-14-10)16-8-17-12/h7-8,13H,2-6H2,1H3,(H,14,15,16,17). The number of amides is 1. The molecule has 2 N–H and O–H groups in total. The predicted octanol–water partition coefficient (Wildman–Crippen LogP) is -0.779. The van der Waals surface area contributed by atoms with Crippen LogP contribution in [-0.4, -0.2) is 70.5 Å². The number of nitrogens with zero attached hydrogens (tertiary/aromatic N) is 5. The molecule has 3 rings (SSSR count). The van der Waals surface area contributed by atoms with Crippen molar-refractivity contribution in [2.24, 2.45) is 0 Å². The lowest BCUT2D eigenvalue weighted by atomic mass is 10.3. The summed E-state index contributed by atoms with van der Waals surface area (Å²) in [6, 6.07) is 0. The Morgan fingerprint density at radius 2 is 2.15 bits per heavy atom. The highest BCUT2D eigenvalue weighted by Gasteiger charge is 2.19. The van der Waals surface area contributed by atoms with E-state index >= 15 is 0 Å². The SMILES string of the molecule is CN(CC(=O)N1CCNCC1)c1ncnc2nc[nH]c12. The zero-order chi connectivity index (χ0) is 13.9. The van der Waals surface area contributed by atoms with Crippen LogP contribution in [0, 0.1) is 0 Å². The van der Waals surface area contributed by atoms with Gasteiger partial charge in [-0.05, 0) is 0 Å². The fourth-order valence-corrected chi connectivity index (χ4v) is 2.33. The molecule has 1 fully saturated rings. The van der Waals surface area contributed by atoms with Crippen LogP contribution >= 0.6 is 0 Å². The number of nitrogens with one attached hydrogen (secondary N) is 2. The number of piperazine rings is 1. The number of carbonyl (C=O) groups excluding carboxylic acids is 1. The van der Waals surface area contributed by atoms with Crippen LogP contribution in [0.4, 0.5) is 5.82 Å². The van der Waals surface area contributed by atoms with Gasteiger partial charge in [-0.2, -0.15) is 0 Å². The predicted molar refractivity (Wildman–Crippen MR) is 74.4 cm³/mol. The van der Waals surface area contributed by atoms with Crippen LogP contribution in [0.25, 0.3) is 11.2 Å². The Bertz CT molecular complexity index is 605. The molecule has 2 aromatic heterocycles. The van der Waals surface area contributed by atoms with E-state index in [0.717, 1.165) is 31.7 Å². The molecule has 0 aliphatic carbocycles. The second-order valence-corrected chi connectivity index (χ2v) is 4.79. The minimum atomic E-state index is 0.111. The molecule has 8 heteroatoms. The summed E-state index contributed by atoms with van der Waals surface area (Å²) in [6.07, 6.45) is 3.04.